The molecule has 0 radical (unpaired) electrons. The van der Waals surface area contributed by atoms with Gasteiger partial charge in [0.2, 0.25) is 0 Å². The summed E-state index contributed by atoms with van der Waals surface area (Å²) < 4.78 is 0. The van der Waals surface area contributed by atoms with Gasteiger partial charge >= 0.3 is 5.97 Å². The van der Waals surface area contributed by atoms with Crippen LogP contribution in [-0.4, -0.2) is 16.8 Å². The number of carbonyl (C=O) groups is 1. The SMILES string of the molecule is CCC/C(=N\Nc1cccc2ccccc12)C(=O)O. The summed E-state index contributed by atoms with van der Waals surface area (Å²) in [5.41, 5.74) is 3.82. The minimum Gasteiger partial charge on any atom is -0.477 e. The number of anilines is 1. The van der Waals surface area contributed by atoms with Crippen molar-refractivity contribution in [2.45, 2.75) is 19.8 Å². The van der Waals surface area contributed by atoms with Gasteiger partial charge < -0.3 is 5.11 Å². The first-order chi connectivity index (χ1) is 9.22. The molecule has 0 aliphatic heterocycles. The maximum atomic E-state index is 11.0. The molecule has 19 heavy (non-hydrogen) atoms. The molecule has 2 aromatic carbocycles. The lowest BCUT2D eigenvalue weighted by atomic mass is 10.1. The molecule has 0 spiro atoms. The first-order valence-electron chi connectivity index (χ1n) is 6.26. The highest BCUT2D eigenvalue weighted by Gasteiger charge is 2.08. The number of nitrogens with zero attached hydrogens (tertiary/aromatic N) is 1. The molecule has 0 atom stereocenters. The van der Waals surface area contributed by atoms with Gasteiger partial charge in [0.05, 0.1) is 5.69 Å². The molecule has 4 nitrogen and oxygen atoms in total. The average molecular weight is 256 g/mol. The van der Waals surface area contributed by atoms with E-state index in [9.17, 15) is 4.79 Å². The van der Waals surface area contributed by atoms with E-state index in [1.165, 1.54) is 0 Å². The molecule has 4 heteroatoms. The van der Waals surface area contributed by atoms with Crippen LogP contribution in [0.2, 0.25) is 0 Å². The van der Waals surface area contributed by atoms with E-state index in [1.807, 2.05) is 49.4 Å². The summed E-state index contributed by atoms with van der Waals surface area (Å²) in [6.45, 7) is 1.93. The number of hydrazone groups is 1. The van der Waals surface area contributed by atoms with E-state index in [1.54, 1.807) is 0 Å². The number of benzene rings is 2. The number of aliphatic carboxylic acids is 1. The average Bonchev–Trinajstić information content (AvgIpc) is 2.43. The Hall–Kier alpha value is -2.36. The van der Waals surface area contributed by atoms with E-state index < -0.39 is 5.97 Å². The standard InChI is InChI=1S/C15H16N2O2/c1-2-6-14(15(18)19)17-16-13-10-5-8-11-7-3-4-9-12(11)13/h3-5,7-10,16H,2,6H2,1H3,(H,18,19)/b17-14+. The summed E-state index contributed by atoms with van der Waals surface area (Å²) in [5.74, 6) is -0.977. The van der Waals surface area contributed by atoms with E-state index in [-0.39, 0.29) is 5.71 Å². The molecule has 0 saturated carbocycles. The van der Waals surface area contributed by atoms with Gasteiger partial charge in [0.25, 0.3) is 0 Å². The minimum atomic E-state index is -0.977. The highest BCUT2D eigenvalue weighted by Crippen LogP contribution is 2.22. The van der Waals surface area contributed by atoms with Gasteiger partial charge in [0.1, 0.15) is 5.71 Å². The largest absolute Gasteiger partial charge is 0.477 e. The minimum absolute atomic E-state index is 0.149. The molecule has 0 aromatic heterocycles. The van der Waals surface area contributed by atoms with Crippen LogP contribution in [0.1, 0.15) is 19.8 Å². The number of fused-ring (bicyclic) bond motifs is 1. The van der Waals surface area contributed by atoms with Crippen molar-refractivity contribution < 1.29 is 9.90 Å². The third-order valence-corrected chi connectivity index (χ3v) is 2.83. The quantitative estimate of drug-likeness (QED) is 0.635. The number of carboxylic acids is 1. The van der Waals surface area contributed by atoms with Gasteiger partial charge in [-0.15, -0.1) is 0 Å². The zero-order valence-corrected chi connectivity index (χ0v) is 10.8. The molecule has 0 aliphatic rings. The zero-order valence-electron chi connectivity index (χ0n) is 10.8. The maximum Gasteiger partial charge on any atom is 0.352 e. The Balaban J connectivity index is 2.30. The van der Waals surface area contributed by atoms with Gasteiger partial charge in [-0.3, -0.25) is 5.43 Å². The Morgan fingerprint density at radius 1 is 1.21 bits per heavy atom. The zero-order chi connectivity index (χ0) is 13.7. The van der Waals surface area contributed by atoms with Gasteiger partial charge in [0, 0.05) is 5.39 Å². The molecule has 2 aromatic rings. The fourth-order valence-electron chi connectivity index (χ4n) is 1.90. The molecule has 0 amide bonds. The summed E-state index contributed by atoms with van der Waals surface area (Å²) in [5, 5.41) is 15.1. The van der Waals surface area contributed by atoms with Crippen molar-refractivity contribution in [2.75, 3.05) is 5.43 Å². The first kappa shape index (κ1) is 13.1. The number of nitrogens with one attached hydrogen (secondary N) is 1. The normalized spacial score (nSPS) is 11.5. The molecule has 0 fully saturated rings. The van der Waals surface area contributed by atoms with Crippen LogP contribution in [0.3, 0.4) is 0 Å². The van der Waals surface area contributed by atoms with Crippen molar-refractivity contribution in [2.24, 2.45) is 5.10 Å². The van der Waals surface area contributed by atoms with Crippen LogP contribution in [0.15, 0.2) is 47.6 Å². The summed E-state index contributed by atoms with van der Waals surface area (Å²) in [7, 11) is 0. The van der Waals surface area contributed by atoms with Crippen molar-refractivity contribution in [3.05, 3.63) is 42.5 Å². The van der Waals surface area contributed by atoms with Crippen LogP contribution in [0, 0.1) is 0 Å². The Kier molecular flexibility index (Phi) is 4.13. The highest BCUT2D eigenvalue weighted by atomic mass is 16.4. The van der Waals surface area contributed by atoms with Crippen LogP contribution >= 0.6 is 0 Å². The van der Waals surface area contributed by atoms with Crippen molar-refractivity contribution >= 4 is 28.1 Å². The van der Waals surface area contributed by atoms with Crippen LogP contribution in [0.5, 0.6) is 0 Å². The van der Waals surface area contributed by atoms with E-state index >= 15 is 0 Å². The van der Waals surface area contributed by atoms with Crippen molar-refractivity contribution in [3.63, 3.8) is 0 Å². The van der Waals surface area contributed by atoms with E-state index in [2.05, 4.69) is 10.5 Å². The summed E-state index contributed by atoms with van der Waals surface area (Å²) in [6.07, 6.45) is 1.20. The molecule has 0 saturated heterocycles. The van der Waals surface area contributed by atoms with E-state index in [0.717, 1.165) is 22.9 Å². The first-order valence-corrected chi connectivity index (χ1v) is 6.26. The predicted molar refractivity (Wildman–Crippen MR) is 77.5 cm³/mol. The predicted octanol–water partition coefficient (Wildman–Crippen LogP) is 3.49. The smallest absolute Gasteiger partial charge is 0.352 e. The summed E-state index contributed by atoms with van der Waals surface area (Å²) >= 11 is 0. The van der Waals surface area contributed by atoms with Crippen molar-refractivity contribution in [3.8, 4) is 0 Å². The lowest BCUT2D eigenvalue weighted by Gasteiger charge is -2.06. The second-order valence-corrected chi connectivity index (χ2v) is 4.25. The highest BCUT2D eigenvalue weighted by molar-refractivity contribution is 6.35. The van der Waals surface area contributed by atoms with Gasteiger partial charge in [-0.1, -0.05) is 49.7 Å². The van der Waals surface area contributed by atoms with Gasteiger partial charge in [-0.05, 0) is 17.9 Å². The second kappa shape index (κ2) is 6.00. The van der Waals surface area contributed by atoms with Gasteiger partial charge in [0.15, 0.2) is 0 Å². The van der Waals surface area contributed by atoms with Gasteiger partial charge in [-0.25, -0.2) is 4.79 Å². The number of hydrogen-bond donors (Lipinski definition) is 2. The van der Waals surface area contributed by atoms with Crippen LogP contribution in [0.25, 0.3) is 10.8 Å². The Morgan fingerprint density at radius 3 is 2.68 bits per heavy atom. The second-order valence-electron chi connectivity index (χ2n) is 4.25. The number of hydrogen-bond acceptors (Lipinski definition) is 3. The van der Waals surface area contributed by atoms with Crippen LogP contribution in [-0.2, 0) is 4.79 Å². The third-order valence-electron chi connectivity index (χ3n) is 2.83. The lowest BCUT2D eigenvalue weighted by molar-refractivity contribution is -0.129. The Morgan fingerprint density at radius 2 is 1.95 bits per heavy atom. The Labute approximate surface area is 111 Å². The monoisotopic (exact) mass is 256 g/mol. The fraction of sp³-hybridized carbons (Fsp3) is 0.200. The fourth-order valence-corrected chi connectivity index (χ4v) is 1.90. The molecule has 2 N–H and O–H groups in total. The van der Waals surface area contributed by atoms with Crippen molar-refractivity contribution in [1.82, 2.24) is 0 Å². The van der Waals surface area contributed by atoms with E-state index in [4.69, 9.17) is 5.11 Å². The Bertz CT molecular complexity index is 615. The van der Waals surface area contributed by atoms with Crippen LogP contribution in [0.4, 0.5) is 5.69 Å². The molecular formula is C15H16N2O2. The number of carboxylic acid groups (broad SMARTS) is 1. The molecule has 0 unspecified atom stereocenters. The van der Waals surface area contributed by atoms with Crippen LogP contribution < -0.4 is 5.43 Å². The number of rotatable bonds is 5. The van der Waals surface area contributed by atoms with Gasteiger partial charge in [-0.2, -0.15) is 5.10 Å². The molecule has 0 heterocycles. The summed E-state index contributed by atoms with van der Waals surface area (Å²) in [4.78, 5) is 11.0. The molecule has 2 rings (SSSR count). The lowest BCUT2D eigenvalue weighted by Crippen LogP contribution is -2.14. The van der Waals surface area contributed by atoms with E-state index in [0.29, 0.717) is 6.42 Å². The molecule has 98 valence electrons. The molecule has 0 bridgehead atoms. The molecule has 0 aliphatic carbocycles. The third kappa shape index (κ3) is 3.10. The maximum absolute atomic E-state index is 11.0. The molecular weight excluding hydrogens is 240 g/mol. The van der Waals surface area contributed by atoms with Crippen molar-refractivity contribution in [1.29, 1.82) is 0 Å². The topological polar surface area (TPSA) is 61.7 Å². The summed E-state index contributed by atoms with van der Waals surface area (Å²) in [6, 6.07) is 13.7.